The molecule has 1 saturated carbocycles. The Bertz CT molecular complexity index is 292. The maximum Gasteiger partial charge on any atom is 0.223 e. The molecule has 0 bridgehead atoms. The molecule has 0 aromatic rings. The lowest BCUT2D eigenvalue weighted by Gasteiger charge is -2.35. The predicted molar refractivity (Wildman–Crippen MR) is 87.7 cm³/mol. The van der Waals surface area contributed by atoms with E-state index in [-0.39, 0.29) is 42.7 Å². The number of likely N-dealkylation sites (tertiary alicyclic amines) is 1. The molecule has 3 atom stereocenters. The van der Waals surface area contributed by atoms with E-state index in [0.29, 0.717) is 6.04 Å². The maximum atomic E-state index is 12.0. The van der Waals surface area contributed by atoms with Crippen molar-refractivity contribution in [2.75, 3.05) is 19.6 Å². The highest BCUT2D eigenvalue weighted by Crippen LogP contribution is 2.24. The summed E-state index contributed by atoms with van der Waals surface area (Å²) in [6.07, 6.45) is 6.66. The van der Waals surface area contributed by atoms with Crippen molar-refractivity contribution in [2.45, 2.75) is 57.5 Å². The summed E-state index contributed by atoms with van der Waals surface area (Å²) >= 11 is 0. The normalized spacial score (nSPS) is 30.2. The third-order valence-corrected chi connectivity index (χ3v) is 4.51. The van der Waals surface area contributed by atoms with Gasteiger partial charge in [-0.1, -0.05) is 13.3 Å². The van der Waals surface area contributed by atoms with Gasteiger partial charge in [-0.05, 0) is 45.2 Å². The fraction of sp³-hybridized carbons (Fsp3) is 0.929. The number of halogens is 2. The molecular weight excluding hydrogens is 297 g/mol. The molecule has 2 rings (SSSR count). The van der Waals surface area contributed by atoms with Crippen LogP contribution in [0.4, 0.5) is 0 Å². The van der Waals surface area contributed by atoms with Crippen molar-refractivity contribution in [3.8, 4) is 0 Å². The summed E-state index contributed by atoms with van der Waals surface area (Å²) in [7, 11) is 0. The van der Waals surface area contributed by atoms with Gasteiger partial charge < -0.3 is 11.1 Å². The first kappa shape index (κ1) is 20.0. The molecule has 2 fully saturated rings. The fourth-order valence-corrected chi connectivity index (χ4v) is 3.32. The Balaban J connectivity index is 0.00000180. The first-order chi connectivity index (χ1) is 8.70. The molecule has 0 aromatic carbocycles. The van der Waals surface area contributed by atoms with E-state index < -0.39 is 0 Å². The van der Waals surface area contributed by atoms with Gasteiger partial charge in [-0.25, -0.2) is 0 Å². The Hall–Kier alpha value is -0.0300. The number of nitrogens with zero attached hydrogens (tertiary/aromatic N) is 1. The lowest BCUT2D eigenvalue weighted by molar-refractivity contribution is -0.125. The van der Waals surface area contributed by atoms with Gasteiger partial charge in [0, 0.05) is 24.5 Å². The highest BCUT2D eigenvalue weighted by molar-refractivity contribution is 5.85. The topological polar surface area (TPSA) is 58.4 Å². The predicted octanol–water partition coefficient (Wildman–Crippen LogP) is 1.95. The van der Waals surface area contributed by atoms with E-state index in [9.17, 15) is 4.79 Å². The zero-order valence-corrected chi connectivity index (χ0v) is 14.0. The molecule has 2 aliphatic rings. The smallest absolute Gasteiger partial charge is 0.223 e. The van der Waals surface area contributed by atoms with Crippen molar-refractivity contribution in [3.63, 3.8) is 0 Å². The van der Waals surface area contributed by atoms with Crippen molar-refractivity contribution < 1.29 is 4.79 Å². The summed E-state index contributed by atoms with van der Waals surface area (Å²) in [4.78, 5) is 14.5. The molecule has 4 nitrogen and oxygen atoms in total. The van der Waals surface area contributed by atoms with E-state index in [1.165, 1.54) is 25.8 Å². The van der Waals surface area contributed by atoms with Crippen LogP contribution in [0.2, 0.25) is 0 Å². The van der Waals surface area contributed by atoms with Crippen LogP contribution in [-0.2, 0) is 4.79 Å². The summed E-state index contributed by atoms with van der Waals surface area (Å²) < 4.78 is 0. The maximum absolute atomic E-state index is 12.0. The van der Waals surface area contributed by atoms with E-state index in [2.05, 4.69) is 17.1 Å². The largest absolute Gasteiger partial charge is 0.354 e. The summed E-state index contributed by atoms with van der Waals surface area (Å²) in [6.45, 7) is 5.30. The van der Waals surface area contributed by atoms with E-state index in [1.54, 1.807) is 0 Å². The minimum absolute atomic E-state index is 0. The number of nitrogens with one attached hydrogen (secondary N) is 1. The zero-order chi connectivity index (χ0) is 13.0. The third-order valence-electron chi connectivity index (χ3n) is 4.51. The second-order valence-corrected chi connectivity index (χ2v) is 5.79. The Morgan fingerprint density at radius 2 is 2.00 bits per heavy atom. The van der Waals surface area contributed by atoms with Crippen LogP contribution in [0.15, 0.2) is 0 Å². The van der Waals surface area contributed by atoms with Gasteiger partial charge in [-0.2, -0.15) is 0 Å². The van der Waals surface area contributed by atoms with Crippen LogP contribution in [0, 0.1) is 5.92 Å². The summed E-state index contributed by atoms with van der Waals surface area (Å²) in [5.41, 5.74) is 5.86. The lowest BCUT2D eigenvalue weighted by atomic mass is 10.0. The third kappa shape index (κ3) is 5.40. The van der Waals surface area contributed by atoms with Gasteiger partial charge in [0.25, 0.3) is 0 Å². The molecule has 3 N–H and O–H groups in total. The molecule has 0 radical (unpaired) electrons. The molecule has 3 unspecified atom stereocenters. The van der Waals surface area contributed by atoms with Crippen LogP contribution in [0.3, 0.4) is 0 Å². The Morgan fingerprint density at radius 1 is 1.25 bits per heavy atom. The van der Waals surface area contributed by atoms with Gasteiger partial charge in [0.2, 0.25) is 5.91 Å². The summed E-state index contributed by atoms with van der Waals surface area (Å²) in [6, 6.07) is 0.783. The monoisotopic (exact) mass is 325 g/mol. The number of piperidine rings is 1. The molecular formula is C14H29Cl2N3O. The molecule has 0 spiro atoms. The molecule has 1 saturated heterocycles. The van der Waals surface area contributed by atoms with E-state index in [1.807, 2.05) is 0 Å². The number of carbonyl (C=O) groups is 1. The number of amides is 1. The SMILES string of the molecule is CCN1CCCCC1CNC(=O)C1CCC(N)C1.Cl.Cl. The van der Waals surface area contributed by atoms with Crippen LogP contribution >= 0.6 is 24.8 Å². The minimum Gasteiger partial charge on any atom is -0.354 e. The van der Waals surface area contributed by atoms with E-state index in [4.69, 9.17) is 5.73 Å². The van der Waals surface area contributed by atoms with Crippen molar-refractivity contribution in [1.29, 1.82) is 0 Å². The molecule has 6 heteroatoms. The number of rotatable bonds is 4. The lowest BCUT2D eigenvalue weighted by Crippen LogP contribution is -2.47. The molecule has 20 heavy (non-hydrogen) atoms. The molecule has 1 aliphatic heterocycles. The van der Waals surface area contributed by atoms with Crippen molar-refractivity contribution in [1.82, 2.24) is 10.2 Å². The van der Waals surface area contributed by atoms with E-state index >= 15 is 0 Å². The van der Waals surface area contributed by atoms with Gasteiger partial charge in [-0.15, -0.1) is 24.8 Å². The quantitative estimate of drug-likeness (QED) is 0.830. The second kappa shape index (κ2) is 9.82. The standard InChI is InChI=1S/C14H27N3O.2ClH/c1-2-17-8-4-3-5-13(17)10-16-14(18)11-6-7-12(15)9-11;;/h11-13H,2-10,15H2,1H3,(H,16,18);2*1H. The summed E-state index contributed by atoms with van der Waals surface area (Å²) in [5.74, 6) is 0.392. The van der Waals surface area contributed by atoms with Crippen molar-refractivity contribution in [2.24, 2.45) is 11.7 Å². The van der Waals surface area contributed by atoms with Gasteiger partial charge in [-0.3, -0.25) is 9.69 Å². The average Bonchev–Trinajstić information content (AvgIpc) is 2.83. The zero-order valence-electron chi connectivity index (χ0n) is 12.3. The van der Waals surface area contributed by atoms with Crippen LogP contribution in [0.5, 0.6) is 0 Å². The van der Waals surface area contributed by atoms with Crippen molar-refractivity contribution in [3.05, 3.63) is 0 Å². The van der Waals surface area contributed by atoms with Gasteiger partial charge in [0.1, 0.15) is 0 Å². The van der Waals surface area contributed by atoms with Crippen LogP contribution in [0.1, 0.15) is 45.4 Å². The van der Waals surface area contributed by atoms with E-state index in [0.717, 1.165) is 32.4 Å². The average molecular weight is 326 g/mol. The second-order valence-electron chi connectivity index (χ2n) is 5.79. The van der Waals surface area contributed by atoms with Gasteiger partial charge >= 0.3 is 0 Å². The van der Waals surface area contributed by atoms with Gasteiger partial charge in [0.15, 0.2) is 0 Å². The number of carbonyl (C=O) groups excluding carboxylic acids is 1. The highest BCUT2D eigenvalue weighted by atomic mass is 35.5. The number of hydrogen-bond donors (Lipinski definition) is 2. The first-order valence-electron chi connectivity index (χ1n) is 7.48. The molecule has 1 amide bonds. The van der Waals surface area contributed by atoms with Crippen LogP contribution < -0.4 is 11.1 Å². The Kier molecular flexibility index (Phi) is 9.81. The van der Waals surface area contributed by atoms with Gasteiger partial charge in [0.05, 0.1) is 0 Å². The van der Waals surface area contributed by atoms with Crippen LogP contribution in [0.25, 0.3) is 0 Å². The summed E-state index contributed by atoms with van der Waals surface area (Å²) in [5, 5.41) is 3.14. The van der Waals surface area contributed by atoms with Crippen LogP contribution in [-0.4, -0.2) is 42.5 Å². The number of likely N-dealkylation sites (N-methyl/N-ethyl adjacent to an activating group) is 1. The Labute approximate surface area is 135 Å². The van der Waals surface area contributed by atoms with Crippen molar-refractivity contribution >= 4 is 30.7 Å². The molecule has 1 heterocycles. The first-order valence-corrected chi connectivity index (χ1v) is 7.48. The molecule has 0 aromatic heterocycles. The fourth-order valence-electron chi connectivity index (χ4n) is 3.32. The molecule has 1 aliphatic carbocycles. The number of hydrogen-bond acceptors (Lipinski definition) is 3. The Morgan fingerprint density at radius 3 is 2.60 bits per heavy atom. The number of nitrogens with two attached hydrogens (primary N) is 1. The minimum atomic E-state index is 0. The highest BCUT2D eigenvalue weighted by Gasteiger charge is 2.28. The molecule has 120 valence electrons.